The first-order chi connectivity index (χ1) is 13.0. The molecule has 3 N–H and O–H groups in total. The van der Waals surface area contributed by atoms with Gasteiger partial charge in [-0.15, -0.1) is 0 Å². The molecule has 27 heavy (non-hydrogen) atoms. The molecule has 4 aromatic rings. The van der Waals surface area contributed by atoms with E-state index >= 15 is 0 Å². The van der Waals surface area contributed by atoms with Gasteiger partial charge in [-0.05, 0) is 43.2 Å². The SMILES string of the molecule is Cc1cc(Nc2nc(C(O)c3ccc(F)cc3)nc3c(C)cccc23)n[nH]1. The van der Waals surface area contributed by atoms with E-state index < -0.39 is 6.10 Å². The van der Waals surface area contributed by atoms with Gasteiger partial charge in [-0.2, -0.15) is 5.10 Å². The molecule has 1 unspecified atom stereocenters. The Balaban J connectivity index is 1.83. The monoisotopic (exact) mass is 363 g/mol. The quantitative estimate of drug-likeness (QED) is 0.511. The average Bonchev–Trinajstić information content (AvgIpc) is 3.07. The van der Waals surface area contributed by atoms with Crippen molar-refractivity contribution in [1.82, 2.24) is 20.2 Å². The number of aliphatic hydroxyl groups excluding tert-OH is 1. The van der Waals surface area contributed by atoms with Crippen LogP contribution in [0.3, 0.4) is 0 Å². The van der Waals surface area contributed by atoms with Gasteiger partial charge in [0.15, 0.2) is 11.6 Å². The Kier molecular flexibility index (Phi) is 4.29. The molecule has 4 rings (SSSR count). The number of anilines is 2. The number of H-pyrrole nitrogens is 1. The number of aromatic amines is 1. The summed E-state index contributed by atoms with van der Waals surface area (Å²) in [7, 11) is 0. The molecule has 0 radical (unpaired) electrons. The van der Waals surface area contributed by atoms with Gasteiger partial charge in [-0.1, -0.05) is 24.3 Å². The Morgan fingerprint density at radius 3 is 2.56 bits per heavy atom. The fourth-order valence-electron chi connectivity index (χ4n) is 2.93. The minimum Gasteiger partial charge on any atom is -0.380 e. The topological polar surface area (TPSA) is 86.7 Å². The van der Waals surface area contributed by atoms with Crippen LogP contribution in [0.1, 0.15) is 28.7 Å². The van der Waals surface area contributed by atoms with Crippen LogP contribution < -0.4 is 5.32 Å². The molecular weight excluding hydrogens is 345 g/mol. The molecule has 0 aliphatic rings. The highest BCUT2D eigenvalue weighted by atomic mass is 19.1. The van der Waals surface area contributed by atoms with Gasteiger partial charge < -0.3 is 10.4 Å². The molecule has 0 saturated heterocycles. The molecule has 0 aliphatic heterocycles. The maximum atomic E-state index is 13.2. The van der Waals surface area contributed by atoms with Crippen LogP contribution >= 0.6 is 0 Å². The van der Waals surface area contributed by atoms with E-state index in [0.717, 1.165) is 22.2 Å². The number of hydrogen-bond donors (Lipinski definition) is 3. The molecule has 0 amide bonds. The van der Waals surface area contributed by atoms with Crippen LogP contribution in [0.15, 0.2) is 48.5 Å². The molecule has 0 bridgehead atoms. The predicted octanol–water partition coefficient (Wildman–Crippen LogP) is 3.93. The Hall–Kier alpha value is -3.32. The summed E-state index contributed by atoms with van der Waals surface area (Å²) in [4.78, 5) is 9.08. The first-order valence-corrected chi connectivity index (χ1v) is 8.51. The van der Waals surface area contributed by atoms with Crippen molar-refractivity contribution in [2.75, 3.05) is 5.32 Å². The Labute approximate surface area is 155 Å². The number of nitrogens with one attached hydrogen (secondary N) is 2. The molecule has 7 heteroatoms. The number of aryl methyl sites for hydroxylation is 2. The van der Waals surface area contributed by atoms with Gasteiger partial charge in [0, 0.05) is 17.1 Å². The Morgan fingerprint density at radius 1 is 1.07 bits per heavy atom. The number of nitrogens with zero attached hydrogens (tertiary/aromatic N) is 3. The molecule has 2 heterocycles. The number of hydrogen-bond acceptors (Lipinski definition) is 5. The Morgan fingerprint density at radius 2 is 1.85 bits per heavy atom. The van der Waals surface area contributed by atoms with E-state index in [1.54, 1.807) is 0 Å². The highest BCUT2D eigenvalue weighted by molar-refractivity contribution is 5.92. The van der Waals surface area contributed by atoms with Gasteiger partial charge in [0.2, 0.25) is 0 Å². The van der Waals surface area contributed by atoms with Gasteiger partial charge in [0.25, 0.3) is 0 Å². The van der Waals surface area contributed by atoms with Crippen molar-refractivity contribution in [2.24, 2.45) is 0 Å². The summed E-state index contributed by atoms with van der Waals surface area (Å²) in [5.41, 5.74) is 3.13. The normalized spacial score (nSPS) is 12.3. The maximum Gasteiger partial charge on any atom is 0.164 e. The van der Waals surface area contributed by atoms with Gasteiger partial charge >= 0.3 is 0 Å². The summed E-state index contributed by atoms with van der Waals surface area (Å²) >= 11 is 0. The minimum atomic E-state index is -1.07. The lowest BCUT2D eigenvalue weighted by Crippen LogP contribution is -2.09. The van der Waals surface area contributed by atoms with Gasteiger partial charge in [0.1, 0.15) is 17.7 Å². The predicted molar refractivity (Wildman–Crippen MR) is 101 cm³/mol. The third kappa shape index (κ3) is 3.37. The maximum absolute atomic E-state index is 13.2. The van der Waals surface area contributed by atoms with E-state index in [9.17, 15) is 9.50 Å². The molecule has 1 atom stereocenters. The van der Waals surface area contributed by atoms with E-state index in [0.29, 0.717) is 17.2 Å². The third-order valence-electron chi connectivity index (χ3n) is 4.33. The van der Waals surface area contributed by atoms with E-state index in [2.05, 4.69) is 25.5 Å². The zero-order valence-corrected chi connectivity index (χ0v) is 14.9. The fourth-order valence-corrected chi connectivity index (χ4v) is 2.93. The average molecular weight is 363 g/mol. The second-order valence-electron chi connectivity index (χ2n) is 6.42. The van der Waals surface area contributed by atoms with Gasteiger partial charge in [0.05, 0.1) is 5.52 Å². The van der Waals surface area contributed by atoms with Crippen molar-refractivity contribution in [1.29, 1.82) is 0 Å². The summed E-state index contributed by atoms with van der Waals surface area (Å²) in [6.07, 6.45) is -1.07. The van der Waals surface area contributed by atoms with Crippen LogP contribution in [-0.4, -0.2) is 25.3 Å². The number of rotatable bonds is 4. The largest absolute Gasteiger partial charge is 0.380 e. The zero-order chi connectivity index (χ0) is 19.0. The minimum absolute atomic E-state index is 0.234. The molecule has 0 saturated carbocycles. The van der Waals surface area contributed by atoms with Crippen molar-refractivity contribution in [2.45, 2.75) is 20.0 Å². The smallest absolute Gasteiger partial charge is 0.164 e. The highest BCUT2D eigenvalue weighted by Gasteiger charge is 2.18. The highest BCUT2D eigenvalue weighted by Crippen LogP contribution is 2.29. The number of fused-ring (bicyclic) bond motifs is 1. The lowest BCUT2D eigenvalue weighted by atomic mass is 10.1. The number of halogens is 1. The molecular formula is C20H18FN5O. The van der Waals surface area contributed by atoms with Crippen LogP contribution in [0, 0.1) is 19.7 Å². The van der Waals surface area contributed by atoms with E-state index in [1.807, 2.05) is 38.1 Å². The molecule has 136 valence electrons. The first kappa shape index (κ1) is 17.1. The van der Waals surface area contributed by atoms with E-state index in [1.165, 1.54) is 24.3 Å². The van der Waals surface area contributed by atoms with E-state index in [4.69, 9.17) is 0 Å². The van der Waals surface area contributed by atoms with Crippen molar-refractivity contribution in [3.8, 4) is 0 Å². The van der Waals surface area contributed by atoms with Crippen LogP contribution in [-0.2, 0) is 0 Å². The molecule has 2 aromatic heterocycles. The Bertz CT molecular complexity index is 1110. The van der Waals surface area contributed by atoms with Crippen molar-refractivity contribution in [3.05, 3.63) is 77.0 Å². The number of para-hydroxylation sites is 1. The lowest BCUT2D eigenvalue weighted by Gasteiger charge is -2.14. The van der Waals surface area contributed by atoms with Gasteiger partial charge in [-0.3, -0.25) is 5.10 Å². The molecule has 2 aromatic carbocycles. The summed E-state index contributed by atoms with van der Waals surface area (Å²) in [5.74, 6) is 1.04. The summed E-state index contributed by atoms with van der Waals surface area (Å²) in [6, 6.07) is 13.3. The summed E-state index contributed by atoms with van der Waals surface area (Å²) in [5, 5.41) is 21.8. The summed E-state index contributed by atoms with van der Waals surface area (Å²) < 4.78 is 13.2. The third-order valence-corrected chi connectivity index (χ3v) is 4.33. The lowest BCUT2D eigenvalue weighted by molar-refractivity contribution is 0.210. The standard InChI is InChI=1S/C20H18FN5O/c1-11-4-3-5-15-17(11)23-20(18(27)13-6-8-14(21)9-7-13)24-19(15)22-16-10-12(2)25-26-16/h3-10,18,27H,1-2H3,(H2,22,23,24,25,26). The summed E-state index contributed by atoms with van der Waals surface area (Å²) in [6.45, 7) is 3.86. The fraction of sp³-hybridized carbons (Fsp3) is 0.150. The zero-order valence-electron chi connectivity index (χ0n) is 14.9. The van der Waals surface area contributed by atoms with Crippen molar-refractivity contribution >= 4 is 22.5 Å². The molecule has 0 spiro atoms. The first-order valence-electron chi connectivity index (χ1n) is 8.51. The second kappa shape index (κ2) is 6.77. The van der Waals surface area contributed by atoms with Crippen molar-refractivity contribution < 1.29 is 9.50 Å². The van der Waals surface area contributed by atoms with Crippen LogP contribution in [0.5, 0.6) is 0 Å². The van der Waals surface area contributed by atoms with Gasteiger partial charge in [-0.25, -0.2) is 14.4 Å². The van der Waals surface area contributed by atoms with Crippen LogP contribution in [0.4, 0.5) is 16.0 Å². The molecule has 0 aliphatic carbocycles. The van der Waals surface area contributed by atoms with Crippen LogP contribution in [0.25, 0.3) is 10.9 Å². The molecule has 0 fully saturated rings. The number of aliphatic hydroxyl groups is 1. The number of benzene rings is 2. The second-order valence-corrected chi connectivity index (χ2v) is 6.42. The number of aromatic nitrogens is 4. The van der Waals surface area contributed by atoms with Crippen LogP contribution in [0.2, 0.25) is 0 Å². The molecule has 6 nitrogen and oxygen atoms in total. The van der Waals surface area contributed by atoms with Crippen molar-refractivity contribution in [3.63, 3.8) is 0 Å². The van der Waals surface area contributed by atoms with E-state index in [-0.39, 0.29) is 11.6 Å².